The molecule has 0 bridgehead atoms. The molecular formula is C31H33ClN4O3. The lowest BCUT2D eigenvalue weighted by Crippen LogP contribution is -2.42. The highest BCUT2D eigenvalue weighted by molar-refractivity contribution is 6.34. The van der Waals surface area contributed by atoms with E-state index in [-0.39, 0.29) is 23.3 Å². The number of ether oxygens (including phenoxy) is 1. The Bertz CT molecular complexity index is 1390. The SMILES string of the molecule is COc1ccc(C(=O)N[C@@H]2CCc3ccc(C(=O)N4CCC5(CCN(c6ccncc6)CC5)C4)cc32)c(Cl)c1. The van der Waals surface area contributed by atoms with Crippen LogP contribution >= 0.6 is 11.6 Å². The molecule has 39 heavy (non-hydrogen) atoms. The van der Waals surface area contributed by atoms with E-state index in [0.717, 1.165) is 63.8 Å². The Hall–Kier alpha value is -3.58. The molecule has 2 amide bonds. The van der Waals surface area contributed by atoms with Gasteiger partial charge < -0.3 is 19.9 Å². The molecule has 0 radical (unpaired) electrons. The fraction of sp³-hybridized carbons (Fsp3) is 0.387. The van der Waals surface area contributed by atoms with Gasteiger partial charge in [-0.3, -0.25) is 14.6 Å². The molecule has 1 N–H and O–H groups in total. The van der Waals surface area contributed by atoms with Crippen molar-refractivity contribution in [3.05, 3.63) is 88.2 Å². The molecule has 202 valence electrons. The maximum absolute atomic E-state index is 13.6. The number of aromatic nitrogens is 1. The van der Waals surface area contributed by atoms with Gasteiger partial charge in [0.05, 0.1) is 23.7 Å². The van der Waals surface area contributed by atoms with E-state index in [1.54, 1.807) is 25.3 Å². The van der Waals surface area contributed by atoms with Crippen LogP contribution in [0.15, 0.2) is 60.9 Å². The number of fused-ring (bicyclic) bond motifs is 1. The highest BCUT2D eigenvalue weighted by Crippen LogP contribution is 2.42. The zero-order chi connectivity index (χ0) is 27.0. The minimum absolute atomic E-state index is 0.0846. The number of hydrogen-bond donors (Lipinski definition) is 1. The van der Waals surface area contributed by atoms with Gasteiger partial charge in [0.25, 0.3) is 11.8 Å². The van der Waals surface area contributed by atoms with Gasteiger partial charge in [0.15, 0.2) is 0 Å². The van der Waals surface area contributed by atoms with Gasteiger partial charge in [0.2, 0.25) is 0 Å². The van der Waals surface area contributed by atoms with E-state index in [2.05, 4.69) is 27.3 Å². The zero-order valence-electron chi connectivity index (χ0n) is 22.2. The second kappa shape index (κ2) is 10.5. The molecule has 2 aromatic carbocycles. The maximum Gasteiger partial charge on any atom is 0.253 e. The monoisotopic (exact) mass is 544 g/mol. The summed E-state index contributed by atoms with van der Waals surface area (Å²) >= 11 is 6.33. The number of anilines is 1. The van der Waals surface area contributed by atoms with Gasteiger partial charge in [-0.2, -0.15) is 0 Å². The van der Waals surface area contributed by atoms with Crippen molar-refractivity contribution in [3.8, 4) is 5.75 Å². The Kier molecular flexibility index (Phi) is 6.94. The number of amides is 2. The first-order valence-corrected chi connectivity index (χ1v) is 14.0. The highest BCUT2D eigenvalue weighted by Gasteiger charge is 2.42. The van der Waals surface area contributed by atoms with Crippen molar-refractivity contribution >= 4 is 29.1 Å². The van der Waals surface area contributed by atoms with E-state index in [4.69, 9.17) is 16.3 Å². The number of benzene rings is 2. The van der Waals surface area contributed by atoms with Gasteiger partial charge in [0, 0.05) is 49.8 Å². The van der Waals surface area contributed by atoms with Gasteiger partial charge >= 0.3 is 0 Å². The zero-order valence-corrected chi connectivity index (χ0v) is 22.9. The van der Waals surface area contributed by atoms with E-state index in [9.17, 15) is 9.59 Å². The third kappa shape index (κ3) is 5.08. The van der Waals surface area contributed by atoms with Crippen LogP contribution in [0.1, 0.15) is 63.6 Å². The summed E-state index contributed by atoms with van der Waals surface area (Å²) in [6, 6.07) is 15.0. The molecule has 1 atom stereocenters. The van der Waals surface area contributed by atoms with E-state index >= 15 is 0 Å². The number of carbonyl (C=O) groups excluding carboxylic acids is 2. The van der Waals surface area contributed by atoms with E-state index < -0.39 is 0 Å². The van der Waals surface area contributed by atoms with Crippen LogP contribution in [0.4, 0.5) is 5.69 Å². The molecule has 2 fully saturated rings. The smallest absolute Gasteiger partial charge is 0.253 e. The van der Waals surface area contributed by atoms with Crippen LogP contribution < -0.4 is 15.0 Å². The van der Waals surface area contributed by atoms with Gasteiger partial charge in [-0.15, -0.1) is 0 Å². The molecule has 3 aliphatic rings. The summed E-state index contributed by atoms with van der Waals surface area (Å²) in [5, 5.41) is 3.48. The number of rotatable bonds is 5. The molecule has 3 heterocycles. The van der Waals surface area contributed by atoms with Crippen LogP contribution in [-0.2, 0) is 6.42 Å². The first-order chi connectivity index (χ1) is 18.9. The number of hydrogen-bond acceptors (Lipinski definition) is 5. The number of halogens is 1. The average Bonchev–Trinajstić information content (AvgIpc) is 3.57. The molecule has 1 spiro atoms. The molecule has 6 rings (SSSR count). The lowest BCUT2D eigenvalue weighted by Gasteiger charge is -2.40. The quantitative estimate of drug-likeness (QED) is 0.472. The average molecular weight is 545 g/mol. The molecule has 0 saturated carbocycles. The van der Waals surface area contributed by atoms with Gasteiger partial charge in [-0.1, -0.05) is 17.7 Å². The van der Waals surface area contributed by atoms with Crippen molar-refractivity contribution in [3.63, 3.8) is 0 Å². The summed E-state index contributed by atoms with van der Waals surface area (Å²) in [4.78, 5) is 35.2. The van der Waals surface area contributed by atoms with Crippen LogP contribution in [0, 0.1) is 5.41 Å². The normalized spacial score (nSPS) is 19.7. The Labute approximate surface area is 234 Å². The number of aryl methyl sites for hydroxylation is 1. The topological polar surface area (TPSA) is 74.8 Å². The van der Waals surface area contributed by atoms with E-state index in [0.29, 0.717) is 21.9 Å². The van der Waals surface area contributed by atoms with Gasteiger partial charge in [0.1, 0.15) is 5.75 Å². The number of nitrogens with zero attached hydrogens (tertiary/aromatic N) is 3. The molecular weight excluding hydrogens is 512 g/mol. The number of carbonyl (C=O) groups is 2. The molecule has 2 aliphatic heterocycles. The second-order valence-electron chi connectivity index (χ2n) is 11.0. The van der Waals surface area contributed by atoms with Gasteiger partial charge in [-0.05, 0) is 91.1 Å². The summed E-state index contributed by atoms with van der Waals surface area (Å²) in [5.41, 5.74) is 4.74. The largest absolute Gasteiger partial charge is 0.497 e. The summed E-state index contributed by atoms with van der Waals surface area (Å²) in [5.74, 6) is 0.465. The van der Waals surface area contributed by atoms with Crippen LogP contribution in [0.5, 0.6) is 5.75 Å². The maximum atomic E-state index is 13.6. The Morgan fingerprint density at radius 2 is 1.79 bits per heavy atom. The Morgan fingerprint density at radius 3 is 2.54 bits per heavy atom. The van der Waals surface area contributed by atoms with Crippen molar-refractivity contribution in [1.29, 1.82) is 0 Å². The minimum atomic E-state index is -0.225. The number of methoxy groups -OCH3 is 1. The third-order valence-corrected chi connectivity index (χ3v) is 9.09. The molecule has 1 aromatic heterocycles. The number of piperidine rings is 1. The molecule has 0 unspecified atom stereocenters. The highest BCUT2D eigenvalue weighted by atomic mass is 35.5. The summed E-state index contributed by atoms with van der Waals surface area (Å²) in [6.45, 7) is 3.61. The molecule has 2 saturated heterocycles. The van der Waals surface area contributed by atoms with Crippen LogP contribution in [-0.4, -0.2) is 55.0 Å². The third-order valence-electron chi connectivity index (χ3n) is 8.77. The van der Waals surface area contributed by atoms with Crippen molar-refractivity contribution in [2.45, 2.75) is 38.1 Å². The molecule has 8 heteroatoms. The van der Waals surface area contributed by atoms with Crippen molar-refractivity contribution in [2.75, 3.05) is 38.2 Å². The van der Waals surface area contributed by atoms with E-state index in [1.807, 2.05) is 35.5 Å². The first kappa shape index (κ1) is 25.7. The first-order valence-electron chi connectivity index (χ1n) is 13.7. The molecule has 7 nitrogen and oxygen atoms in total. The van der Waals surface area contributed by atoms with Gasteiger partial charge in [-0.25, -0.2) is 0 Å². The van der Waals surface area contributed by atoms with E-state index in [1.165, 1.54) is 11.3 Å². The summed E-state index contributed by atoms with van der Waals surface area (Å²) in [7, 11) is 1.56. The fourth-order valence-electron chi connectivity index (χ4n) is 6.42. The number of likely N-dealkylation sites (tertiary alicyclic amines) is 1. The standard InChI is InChI=1S/C31H33ClN4O3/c1-39-24-5-6-25(27(32)19-24)29(37)34-28-7-4-21-2-3-22(18-26(21)28)30(38)36-17-12-31(20-36)10-15-35(16-11-31)23-8-13-33-14-9-23/h2-3,5-6,8-9,13-14,18-19,28H,4,7,10-12,15-17,20H2,1H3,(H,34,37)/t28-/m1/s1. The lowest BCUT2D eigenvalue weighted by atomic mass is 9.77. The lowest BCUT2D eigenvalue weighted by molar-refractivity contribution is 0.0764. The number of nitrogens with one attached hydrogen (secondary N) is 1. The fourth-order valence-corrected chi connectivity index (χ4v) is 6.68. The number of pyridine rings is 1. The predicted molar refractivity (Wildman–Crippen MR) is 152 cm³/mol. The second-order valence-corrected chi connectivity index (χ2v) is 11.4. The van der Waals surface area contributed by atoms with Crippen molar-refractivity contribution in [1.82, 2.24) is 15.2 Å². The van der Waals surface area contributed by atoms with Crippen molar-refractivity contribution < 1.29 is 14.3 Å². The molecule has 1 aliphatic carbocycles. The summed E-state index contributed by atoms with van der Waals surface area (Å²) < 4.78 is 5.19. The predicted octanol–water partition coefficient (Wildman–Crippen LogP) is 5.29. The van der Waals surface area contributed by atoms with Crippen LogP contribution in [0.3, 0.4) is 0 Å². The van der Waals surface area contributed by atoms with Crippen LogP contribution in [0.2, 0.25) is 5.02 Å². The Balaban J connectivity index is 1.11. The van der Waals surface area contributed by atoms with Crippen molar-refractivity contribution in [2.24, 2.45) is 5.41 Å². The molecule has 3 aromatic rings. The Morgan fingerprint density at radius 1 is 1.03 bits per heavy atom. The minimum Gasteiger partial charge on any atom is -0.497 e. The van der Waals surface area contributed by atoms with Crippen LogP contribution in [0.25, 0.3) is 0 Å². The summed E-state index contributed by atoms with van der Waals surface area (Å²) in [6.07, 6.45) is 8.58.